The van der Waals surface area contributed by atoms with E-state index in [0.717, 1.165) is 12.8 Å². The van der Waals surface area contributed by atoms with Crippen LogP contribution in [0.5, 0.6) is 0 Å². The summed E-state index contributed by atoms with van der Waals surface area (Å²) in [7, 11) is 1.64. The van der Waals surface area contributed by atoms with Gasteiger partial charge in [-0.15, -0.1) is 5.10 Å². The Labute approximate surface area is 146 Å². The minimum atomic E-state index is -0.502. The van der Waals surface area contributed by atoms with E-state index >= 15 is 0 Å². The van der Waals surface area contributed by atoms with E-state index in [0.29, 0.717) is 37.4 Å². The van der Waals surface area contributed by atoms with Crippen LogP contribution in [0.3, 0.4) is 0 Å². The smallest absolute Gasteiger partial charge is 0.278 e. The minimum Gasteiger partial charge on any atom is -0.497 e. The second-order valence-electron chi connectivity index (χ2n) is 6.93. The molecule has 0 bridgehead atoms. The van der Waals surface area contributed by atoms with Gasteiger partial charge < -0.3 is 20.7 Å². The predicted octanol–water partition coefficient (Wildman–Crippen LogP) is 0.202. The van der Waals surface area contributed by atoms with Gasteiger partial charge >= 0.3 is 0 Å². The average molecular weight is 348 g/mol. The number of amides is 2. The van der Waals surface area contributed by atoms with Crippen LogP contribution in [0, 0.1) is 0 Å². The van der Waals surface area contributed by atoms with E-state index in [4.69, 9.17) is 10.5 Å². The van der Waals surface area contributed by atoms with Gasteiger partial charge in [-0.1, -0.05) is 5.21 Å². The number of allylic oxidation sites excluding steroid dienone is 1. The molecule has 1 saturated heterocycles. The van der Waals surface area contributed by atoms with Crippen LogP contribution < -0.4 is 11.1 Å². The van der Waals surface area contributed by atoms with E-state index in [9.17, 15) is 9.59 Å². The van der Waals surface area contributed by atoms with Crippen molar-refractivity contribution in [3.8, 4) is 0 Å². The number of hydrogen-bond acceptors (Lipinski definition) is 6. The van der Waals surface area contributed by atoms with Crippen LogP contribution in [0.2, 0.25) is 0 Å². The number of piperidine rings is 1. The largest absolute Gasteiger partial charge is 0.497 e. The number of nitrogens with two attached hydrogens (primary N) is 1. The van der Waals surface area contributed by atoms with E-state index in [-0.39, 0.29) is 23.3 Å². The van der Waals surface area contributed by atoms with Gasteiger partial charge in [-0.2, -0.15) is 0 Å². The molecule has 0 spiro atoms. The molecule has 1 unspecified atom stereocenters. The first-order valence-electron chi connectivity index (χ1n) is 8.40. The Morgan fingerprint density at radius 3 is 2.76 bits per heavy atom. The van der Waals surface area contributed by atoms with Gasteiger partial charge in [-0.25, -0.2) is 4.68 Å². The molecule has 2 amide bonds. The van der Waals surface area contributed by atoms with Crippen LogP contribution in [0.1, 0.15) is 43.6 Å². The van der Waals surface area contributed by atoms with E-state index in [1.807, 2.05) is 6.92 Å². The molecule has 9 heteroatoms. The molecule has 3 heterocycles. The molecule has 2 aliphatic heterocycles. The maximum atomic E-state index is 12.7. The SMILES string of the molecule is CC1=C(C(=O)NC2(C)CCCN(C(=O)c3nnn(C)c3N)C2)CCO1. The van der Waals surface area contributed by atoms with Crippen LogP contribution >= 0.6 is 0 Å². The summed E-state index contributed by atoms with van der Waals surface area (Å²) in [6.07, 6.45) is 2.20. The van der Waals surface area contributed by atoms with Gasteiger partial charge in [0.2, 0.25) is 0 Å². The van der Waals surface area contributed by atoms with Crippen molar-refractivity contribution in [2.24, 2.45) is 7.05 Å². The molecule has 0 radical (unpaired) electrons. The Hall–Kier alpha value is -2.58. The van der Waals surface area contributed by atoms with Gasteiger partial charge in [0.1, 0.15) is 5.76 Å². The highest BCUT2D eigenvalue weighted by molar-refractivity contribution is 5.97. The number of aromatic nitrogens is 3. The normalized spacial score (nSPS) is 23.6. The number of nitrogens with one attached hydrogen (secondary N) is 1. The van der Waals surface area contributed by atoms with Crippen molar-refractivity contribution in [1.29, 1.82) is 0 Å². The lowest BCUT2D eigenvalue weighted by Gasteiger charge is -2.40. The van der Waals surface area contributed by atoms with E-state index < -0.39 is 5.54 Å². The highest BCUT2D eigenvalue weighted by atomic mass is 16.5. The van der Waals surface area contributed by atoms with Gasteiger partial charge in [0.05, 0.1) is 17.7 Å². The monoisotopic (exact) mass is 348 g/mol. The highest BCUT2D eigenvalue weighted by Gasteiger charge is 2.37. The van der Waals surface area contributed by atoms with Crippen molar-refractivity contribution < 1.29 is 14.3 Å². The minimum absolute atomic E-state index is 0.120. The fourth-order valence-electron chi connectivity index (χ4n) is 3.37. The van der Waals surface area contributed by atoms with Gasteiger partial charge in [-0.05, 0) is 26.7 Å². The molecule has 1 aromatic heterocycles. The molecule has 136 valence electrons. The zero-order valence-corrected chi connectivity index (χ0v) is 14.8. The van der Waals surface area contributed by atoms with Gasteiger partial charge in [0.15, 0.2) is 11.5 Å². The number of ether oxygens (including phenoxy) is 1. The summed E-state index contributed by atoms with van der Waals surface area (Å²) >= 11 is 0. The maximum Gasteiger partial charge on any atom is 0.278 e. The van der Waals surface area contributed by atoms with Gasteiger partial charge in [-0.3, -0.25) is 9.59 Å². The molecule has 1 fully saturated rings. The zero-order valence-electron chi connectivity index (χ0n) is 14.8. The zero-order chi connectivity index (χ0) is 18.2. The van der Waals surface area contributed by atoms with Crippen molar-refractivity contribution in [3.63, 3.8) is 0 Å². The molecule has 9 nitrogen and oxygen atoms in total. The molecular formula is C16H24N6O3. The molecule has 0 saturated carbocycles. The molecule has 25 heavy (non-hydrogen) atoms. The van der Waals surface area contributed by atoms with Crippen LogP contribution in [-0.2, 0) is 16.6 Å². The van der Waals surface area contributed by atoms with Crippen LogP contribution in [-0.4, -0.2) is 56.9 Å². The van der Waals surface area contributed by atoms with E-state index in [1.165, 1.54) is 4.68 Å². The van der Waals surface area contributed by atoms with E-state index in [2.05, 4.69) is 15.6 Å². The Kier molecular flexibility index (Phi) is 4.40. The third-order valence-corrected chi connectivity index (χ3v) is 4.84. The summed E-state index contributed by atoms with van der Waals surface area (Å²) < 4.78 is 6.73. The topological polar surface area (TPSA) is 115 Å². The fraction of sp³-hybridized carbons (Fsp3) is 0.625. The first-order chi connectivity index (χ1) is 11.8. The van der Waals surface area contributed by atoms with Crippen molar-refractivity contribution in [3.05, 3.63) is 17.0 Å². The third-order valence-electron chi connectivity index (χ3n) is 4.84. The van der Waals surface area contributed by atoms with E-state index in [1.54, 1.807) is 18.9 Å². The van der Waals surface area contributed by atoms with Gasteiger partial charge in [0, 0.05) is 26.6 Å². The molecule has 3 N–H and O–H groups in total. The molecule has 1 aromatic rings. The van der Waals surface area contributed by atoms with Crippen molar-refractivity contribution in [2.45, 2.75) is 38.6 Å². The van der Waals surface area contributed by atoms with Crippen molar-refractivity contribution in [2.75, 3.05) is 25.4 Å². The quantitative estimate of drug-likeness (QED) is 0.806. The fourth-order valence-corrected chi connectivity index (χ4v) is 3.37. The summed E-state index contributed by atoms with van der Waals surface area (Å²) in [6.45, 7) is 5.31. The Morgan fingerprint density at radius 1 is 1.40 bits per heavy atom. The van der Waals surface area contributed by atoms with Crippen LogP contribution in [0.4, 0.5) is 5.82 Å². The predicted molar refractivity (Wildman–Crippen MR) is 90.4 cm³/mol. The van der Waals surface area contributed by atoms with Crippen molar-refractivity contribution in [1.82, 2.24) is 25.2 Å². The summed E-state index contributed by atoms with van der Waals surface area (Å²) in [5.41, 5.74) is 6.19. The molecular weight excluding hydrogens is 324 g/mol. The van der Waals surface area contributed by atoms with Crippen LogP contribution in [0.15, 0.2) is 11.3 Å². The number of nitrogens with zero attached hydrogens (tertiary/aromatic N) is 4. The number of rotatable bonds is 3. The average Bonchev–Trinajstić information content (AvgIpc) is 3.13. The molecule has 0 aromatic carbocycles. The molecule has 2 aliphatic rings. The number of anilines is 1. The number of hydrogen-bond donors (Lipinski definition) is 2. The lowest BCUT2D eigenvalue weighted by atomic mass is 9.90. The Balaban J connectivity index is 1.71. The number of nitrogen functional groups attached to an aromatic ring is 1. The number of aryl methyl sites for hydroxylation is 1. The Bertz CT molecular complexity index is 740. The number of carbonyl (C=O) groups excluding carboxylic acids is 2. The number of carbonyl (C=O) groups is 2. The molecule has 1 atom stereocenters. The second-order valence-corrected chi connectivity index (χ2v) is 6.93. The molecule has 3 rings (SSSR count). The summed E-state index contributed by atoms with van der Waals surface area (Å²) in [6, 6.07) is 0. The highest BCUT2D eigenvalue weighted by Crippen LogP contribution is 2.25. The first kappa shape index (κ1) is 17.2. The van der Waals surface area contributed by atoms with Crippen molar-refractivity contribution >= 4 is 17.6 Å². The summed E-state index contributed by atoms with van der Waals surface area (Å²) in [5.74, 6) is 0.540. The maximum absolute atomic E-state index is 12.7. The Morgan fingerprint density at radius 2 is 2.16 bits per heavy atom. The standard InChI is InChI=1S/C16H24N6O3/c1-10-11(5-8-25-10)14(23)18-16(2)6-4-7-22(9-16)15(24)12-13(17)21(3)20-19-12/h4-9,17H2,1-3H3,(H,18,23). The van der Waals surface area contributed by atoms with Crippen LogP contribution in [0.25, 0.3) is 0 Å². The summed E-state index contributed by atoms with van der Waals surface area (Å²) in [4.78, 5) is 26.9. The lowest BCUT2D eigenvalue weighted by molar-refractivity contribution is -0.119. The molecule has 0 aliphatic carbocycles. The van der Waals surface area contributed by atoms with Gasteiger partial charge in [0.25, 0.3) is 11.8 Å². The lowest BCUT2D eigenvalue weighted by Crippen LogP contribution is -2.58. The second kappa shape index (κ2) is 6.38. The summed E-state index contributed by atoms with van der Waals surface area (Å²) in [5, 5.41) is 10.7. The third kappa shape index (κ3) is 3.31. The first-order valence-corrected chi connectivity index (χ1v) is 8.40. The number of likely N-dealkylation sites (tertiary alicyclic amines) is 1.